The summed E-state index contributed by atoms with van der Waals surface area (Å²) >= 11 is 6.81. The van der Waals surface area contributed by atoms with Crippen LogP contribution in [-0.4, -0.2) is 16.4 Å². The van der Waals surface area contributed by atoms with E-state index in [1.54, 1.807) is 12.1 Å². The predicted octanol–water partition coefficient (Wildman–Crippen LogP) is 4.34. The lowest BCUT2D eigenvalue weighted by atomic mass is 10.2. The van der Waals surface area contributed by atoms with Crippen molar-refractivity contribution in [1.82, 2.24) is 5.27 Å². The van der Waals surface area contributed by atoms with Crippen LogP contribution < -0.4 is 15.6 Å². The summed E-state index contributed by atoms with van der Waals surface area (Å²) in [6.07, 6.45) is -4.58. The van der Waals surface area contributed by atoms with E-state index in [-0.39, 0.29) is 15.7 Å². The smallest absolute Gasteiger partial charge is 0.324 e. The monoisotopic (exact) mass is 458 g/mol. The van der Waals surface area contributed by atoms with Crippen molar-refractivity contribution in [2.45, 2.75) is 30.3 Å². The van der Waals surface area contributed by atoms with Gasteiger partial charge in [0.1, 0.15) is 0 Å². The number of carbonyl (C=O) groups is 1. The fourth-order valence-electron chi connectivity index (χ4n) is 2.48. The van der Waals surface area contributed by atoms with Crippen LogP contribution in [0.15, 0.2) is 56.8 Å². The Morgan fingerprint density at radius 3 is 2.53 bits per heavy atom. The van der Waals surface area contributed by atoms with Gasteiger partial charge in [-0.25, -0.2) is 4.79 Å². The van der Waals surface area contributed by atoms with Gasteiger partial charge in [0.15, 0.2) is 0 Å². The first kappa shape index (κ1) is 22.0. The molecule has 0 bridgehead atoms. The van der Waals surface area contributed by atoms with Crippen LogP contribution in [0.5, 0.6) is 0 Å². The van der Waals surface area contributed by atoms with Gasteiger partial charge >= 0.3 is 16.8 Å². The molecule has 0 fully saturated rings. The lowest BCUT2D eigenvalue weighted by Crippen LogP contribution is -2.37. The highest BCUT2D eigenvalue weighted by Gasteiger charge is 2.32. The average molecular weight is 459 g/mol. The molecule has 3 rings (SSSR count). The van der Waals surface area contributed by atoms with Crippen LogP contribution in [0.3, 0.4) is 0 Å². The number of amides is 1. The van der Waals surface area contributed by atoms with E-state index in [0.717, 1.165) is 35.5 Å². The molecular weight excluding hydrogens is 443 g/mol. The molecule has 2 aromatic carbocycles. The number of benzene rings is 2. The number of alkyl halides is 3. The Bertz CT molecular complexity index is 1130. The molecule has 0 saturated heterocycles. The summed E-state index contributed by atoms with van der Waals surface area (Å²) in [5.41, 5.74) is -0.160. The van der Waals surface area contributed by atoms with Crippen molar-refractivity contribution in [2.75, 3.05) is 5.32 Å². The van der Waals surface area contributed by atoms with Gasteiger partial charge in [0, 0.05) is 12.1 Å². The molecule has 0 radical (unpaired) electrons. The number of rotatable bonds is 5. The molecule has 6 nitrogen and oxygen atoms in total. The van der Waals surface area contributed by atoms with Crippen molar-refractivity contribution in [1.29, 1.82) is 0 Å². The topological polar surface area (TPSA) is 79.0 Å². The molecule has 1 atom stereocenters. The minimum absolute atomic E-state index is 0.0376. The summed E-state index contributed by atoms with van der Waals surface area (Å²) in [5, 5.41) is 4.07. The van der Waals surface area contributed by atoms with Crippen LogP contribution in [0.2, 0.25) is 5.02 Å². The number of aryl methyl sites for hydroxylation is 1. The molecule has 0 aliphatic heterocycles. The van der Waals surface area contributed by atoms with E-state index in [1.807, 2.05) is 19.1 Å². The van der Waals surface area contributed by atoms with Gasteiger partial charge in [-0.05, 0) is 53.8 Å². The zero-order chi connectivity index (χ0) is 22.1. The summed E-state index contributed by atoms with van der Waals surface area (Å²) in [4.78, 5) is 24.6. The SMILES string of the molecule is Cc1ccc(-[n+]2[nH]oc(=O)c2SC(C)C(=O)Nc2cc(C(F)(F)F)ccc2Cl)cc1. The zero-order valence-corrected chi connectivity index (χ0v) is 17.3. The molecule has 1 unspecified atom stereocenters. The van der Waals surface area contributed by atoms with Crippen LogP contribution in [0.4, 0.5) is 18.9 Å². The van der Waals surface area contributed by atoms with Gasteiger partial charge < -0.3 is 5.32 Å². The Balaban J connectivity index is 1.80. The van der Waals surface area contributed by atoms with Crippen LogP contribution in [-0.2, 0) is 11.0 Å². The molecule has 1 heterocycles. The van der Waals surface area contributed by atoms with Crippen molar-refractivity contribution in [3.05, 3.63) is 69.0 Å². The second kappa shape index (κ2) is 8.57. The van der Waals surface area contributed by atoms with Gasteiger partial charge in [0.25, 0.3) is 0 Å². The summed E-state index contributed by atoms with van der Waals surface area (Å²) < 4.78 is 45.0. The molecule has 1 amide bonds. The molecule has 0 saturated carbocycles. The highest BCUT2D eigenvalue weighted by molar-refractivity contribution is 8.00. The summed E-state index contributed by atoms with van der Waals surface area (Å²) in [6, 6.07) is 9.85. The Labute approximate surface area is 178 Å². The standard InChI is InChI=1S/C19H15ClF3N3O3S/c1-10-3-6-13(7-4-10)26-17(18(28)29-25-26)30-11(2)16(27)24-15-9-12(19(21,22)23)5-8-14(15)20/h3-9,11H,1-2H3,(H-,24,25,27,28)/p+1. The number of nitrogens with one attached hydrogen (secondary N) is 2. The van der Waals surface area contributed by atoms with Crippen LogP contribution in [0.1, 0.15) is 18.1 Å². The minimum atomic E-state index is -4.58. The van der Waals surface area contributed by atoms with Gasteiger partial charge in [-0.15, -0.1) is 0 Å². The molecule has 158 valence electrons. The van der Waals surface area contributed by atoms with E-state index in [9.17, 15) is 22.8 Å². The Hall–Kier alpha value is -2.72. The summed E-state index contributed by atoms with van der Waals surface area (Å²) in [5.74, 6) is -0.628. The number of carbonyl (C=O) groups excluding carboxylic acids is 1. The number of hydrogen-bond acceptors (Lipinski definition) is 4. The van der Waals surface area contributed by atoms with Crippen molar-refractivity contribution in [3.8, 4) is 5.69 Å². The van der Waals surface area contributed by atoms with Crippen molar-refractivity contribution >= 4 is 35.0 Å². The number of hydrogen-bond donors (Lipinski definition) is 2. The fraction of sp³-hybridized carbons (Fsp3) is 0.211. The first-order chi connectivity index (χ1) is 14.1. The average Bonchev–Trinajstić information content (AvgIpc) is 3.03. The molecule has 0 spiro atoms. The number of aromatic amines is 1. The third-order valence-electron chi connectivity index (χ3n) is 4.11. The first-order valence-corrected chi connectivity index (χ1v) is 9.87. The highest BCUT2D eigenvalue weighted by atomic mass is 35.5. The second-order valence-electron chi connectivity index (χ2n) is 6.40. The van der Waals surface area contributed by atoms with Crippen LogP contribution >= 0.6 is 23.4 Å². The molecule has 1 aromatic heterocycles. The van der Waals surface area contributed by atoms with E-state index in [2.05, 4.69) is 10.6 Å². The Morgan fingerprint density at radius 1 is 1.23 bits per heavy atom. The van der Waals surface area contributed by atoms with Crippen molar-refractivity contribution in [2.24, 2.45) is 0 Å². The maximum atomic E-state index is 12.9. The third-order valence-corrected chi connectivity index (χ3v) is 5.58. The quantitative estimate of drug-likeness (QED) is 0.440. The maximum absolute atomic E-state index is 12.9. The van der Waals surface area contributed by atoms with Crippen LogP contribution in [0.25, 0.3) is 5.69 Å². The molecule has 0 aliphatic rings. The summed E-state index contributed by atoms with van der Waals surface area (Å²) in [7, 11) is 0. The number of nitrogens with zero attached hydrogens (tertiary/aromatic N) is 1. The van der Waals surface area contributed by atoms with Gasteiger partial charge in [-0.2, -0.15) is 13.2 Å². The van der Waals surface area contributed by atoms with Gasteiger partial charge in [0.05, 0.1) is 21.5 Å². The van der Waals surface area contributed by atoms with Gasteiger partial charge in [0.2, 0.25) is 11.6 Å². The summed E-state index contributed by atoms with van der Waals surface area (Å²) in [6.45, 7) is 3.42. The number of anilines is 1. The Morgan fingerprint density at radius 2 is 1.90 bits per heavy atom. The first-order valence-electron chi connectivity index (χ1n) is 8.61. The fourth-order valence-corrected chi connectivity index (χ4v) is 3.53. The molecule has 30 heavy (non-hydrogen) atoms. The molecule has 11 heteroatoms. The van der Waals surface area contributed by atoms with Crippen LogP contribution in [0, 0.1) is 6.92 Å². The van der Waals surface area contributed by atoms with Crippen molar-refractivity contribution < 1.29 is 27.2 Å². The number of aromatic nitrogens is 2. The molecule has 2 N–H and O–H groups in total. The van der Waals surface area contributed by atoms with Gasteiger partial charge in [-0.3, -0.25) is 9.32 Å². The second-order valence-corrected chi connectivity index (χ2v) is 8.14. The van der Waals surface area contributed by atoms with E-state index in [4.69, 9.17) is 16.1 Å². The lowest BCUT2D eigenvalue weighted by Gasteiger charge is -2.13. The molecule has 0 aliphatic carbocycles. The lowest BCUT2D eigenvalue weighted by molar-refractivity contribution is -0.704. The van der Waals surface area contributed by atoms with E-state index in [0.29, 0.717) is 5.69 Å². The largest absolute Gasteiger partial charge is 0.442 e. The molecule has 3 aromatic rings. The third kappa shape index (κ3) is 4.88. The minimum Gasteiger partial charge on any atom is -0.324 e. The van der Waals surface area contributed by atoms with Crippen molar-refractivity contribution in [3.63, 3.8) is 0 Å². The predicted molar refractivity (Wildman–Crippen MR) is 106 cm³/mol. The number of H-pyrrole nitrogens is 1. The Kier molecular flexibility index (Phi) is 6.27. The zero-order valence-electron chi connectivity index (χ0n) is 15.7. The normalized spacial score (nSPS) is 12.6. The van der Waals surface area contributed by atoms with E-state index in [1.165, 1.54) is 11.6 Å². The number of halogens is 4. The number of thioether (sulfide) groups is 1. The van der Waals surface area contributed by atoms with Gasteiger partial charge in [-0.1, -0.05) is 29.3 Å². The van der Waals surface area contributed by atoms with E-state index >= 15 is 0 Å². The van der Waals surface area contributed by atoms with E-state index < -0.39 is 28.5 Å². The highest BCUT2D eigenvalue weighted by Crippen LogP contribution is 2.34. The molecular formula is C19H16ClF3N3O3S+. The maximum Gasteiger partial charge on any atom is 0.442 e.